The number of carbonyl (C=O) groups excluding carboxylic acids is 1. The van der Waals surface area contributed by atoms with Crippen molar-refractivity contribution in [3.05, 3.63) is 58.1 Å². The summed E-state index contributed by atoms with van der Waals surface area (Å²) >= 11 is 0. The van der Waals surface area contributed by atoms with Gasteiger partial charge in [0.15, 0.2) is 0 Å². The molecule has 25 heavy (non-hydrogen) atoms. The highest BCUT2D eigenvalue weighted by Crippen LogP contribution is 2.27. The van der Waals surface area contributed by atoms with Crippen molar-refractivity contribution in [3.8, 4) is 5.75 Å². The number of benzene rings is 2. The number of carbonyl (C=O) groups is 1. The van der Waals surface area contributed by atoms with Gasteiger partial charge in [-0.25, -0.2) is 0 Å². The number of hydrogen-bond donors (Lipinski definition) is 2. The normalized spacial score (nSPS) is 10.2. The first-order valence-corrected chi connectivity index (χ1v) is 7.52. The van der Waals surface area contributed by atoms with E-state index in [2.05, 4.69) is 10.6 Å². The fourth-order valence-corrected chi connectivity index (χ4v) is 2.21. The number of non-ortho nitro benzene ring substituents is 1. The van der Waals surface area contributed by atoms with Crippen LogP contribution >= 0.6 is 0 Å². The van der Waals surface area contributed by atoms with Crippen molar-refractivity contribution in [3.63, 3.8) is 0 Å². The van der Waals surface area contributed by atoms with Crippen molar-refractivity contribution in [2.24, 2.45) is 0 Å². The van der Waals surface area contributed by atoms with Crippen LogP contribution in [0.1, 0.15) is 10.4 Å². The Bertz CT molecular complexity index is 764. The molecule has 0 unspecified atom stereocenters. The smallest absolute Gasteiger partial charge is 0.270 e. The molecule has 2 N–H and O–H groups in total. The first kappa shape index (κ1) is 18.2. The maximum absolute atomic E-state index is 12.7. The zero-order chi connectivity index (χ0) is 18.2. The average molecular weight is 345 g/mol. The Morgan fingerprint density at radius 3 is 2.60 bits per heavy atom. The Kier molecular flexibility index (Phi) is 6.30. The molecule has 2 aromatic carbocycles. The third-order valence-electron chi connectivity index (χ3n) is 3.44. The molecule has 8 nitrogen and oxygen atoms in total. The maximum atomic E-state index is 12.7. The van der Waals surface area contributed by atoms with Crippen molar-refractivity contribution >= 4 is 23.0 Å². The lowest BCUT2D eigenvalue weighted by molar-refractivity contribution is -0.384. The van der Waals surface area contributed by atoms with E-state index < -0.39 is 10.8 Å². The minimum absolute atomic E-state index is 0.163. The topological polar surface area (TPSA) is 103 Å². The average Bonchev–Trinajstić information content (AvgIpc) is 2.62. The van der Waals surface area contributed by atoms with Crippen LogP contribution in [-0.4, -0.2) is 38.2 Å². The second kappa shape index (κ2) is 8.65. The van der Waals surface area contributed by atoms with Crippen molar-refractivity contribution in [1.29, 1.82) is 0 Å². The number of para-hydroxylation sites is 2. The fraction of sp³-hybridized carbons (Fsp3) is 0.235. The largest absolute Gasteiger partial charge is 0.495 e. The Hall–Kier alpha value is -3.13. The van der Waals surface area contributed by atoms with Crippen LogP contribution in [-0.2, 0) is 4.74 Å². The minimum atomic E-state index is -0.543. The van der Waals surface area contributed by atoms with E-state index in [0.29, 0.717) is 30.3 Å². The highest BCUT2D eigenvalue weighted by Gasteiger charge is 2.18. The van der Waals surface area contributed by atoms with Crippen LogP contribution in [0.5, 0.6) is 5.75 Å². The van der Waals surface area contributed by atoms with Gasteiger partial charge in [-0.05, 0) is 18.2 Å². The molecule has 0 saturated heterocycles. The van der Waals surface area contributed by atoms with Gasteiger partial charge in [0.25, 0.3) is 11.6 Å². The highest BCUT2D eigenvalue weighted by molar-refractivity contribution is 6.09. The van der Waals surface area contributed by atoms with Gasteiger partial charge in [0.1, 0.15) is 5.75 Å². The first-order chi connectivity index (χ1) is 12.1. The molecule has 0 saturated carbocycles. The lowest BCUT2D eigenvalue weighted by Gasteiger charge is -2.13. The SMILES string of the molecule is COCCNc1ccc([N+](=O)[O-])cc1C(=O)Nc1ccccc1OC. The third kappa shape index (κ3) is 4.67. The summed E-state index contributed by atoms with van der Waals surface area (Å²) in [6.45, 7) is 0.897. The third-order valence-corrected chi connectivity index (χ3v) is 3.44. The van der Waals surface area contributed by atoms with Crippen LogP contribution in [0.4, 0.5) is 17.1 Å². The quantitative estimate of drug-likeness (QED) is 0.433. The number of anilines is 2. The molecule has 0 aliphatic rings. The molecular weight excluding hydrogens is 326 g/mol. The van der Waals surface area contributed by atoms with Gasteiger partial charge in [-0.1, -0.05) is 12.1 Å². The number of rotatable bonds is 8. The molecule has 0 aromatic heterocycles. The number of nitro benzene ring substituents is 1. The van der Waals surface area contributed by atoms with E-state index in [0.717, 1.165) is 0 Å². The van der Waals surface area contributed by atoms with Crippen LogP contribution < -0.4 is 15.4 Å². The van der Waals surface area contributed by atoms with Crippen LogP contribution in [0.25, 0.3) is 0 Å². The summed E-state index contributed by atoms with van der Waals surface area (Å²) in [5, 5.41) is 16.8. The number of ether oxygens (including phenoxy) is 2. The van der Waals surface area contributed by atoms with Gasteiger partial charge < -0.3 is 20.1 Å². The summed E-state index contributed by atoms with van der Waals surface area (Å²) in [6, 6.07) is 11.0. The standard InChI is InChI=1S/C17H19N3O5/c1-24-10-9-18-14-8-7-12(20(22)23)11-13(14)17(21)19-15-5-3-4-6-16(15)25-2/h3-8,11,18H,9-10H2,1-2H3,(H,19,21). The molecule has 0 spiro atoms. The molecular formula is C17H19N3O5. The molecule has 0 fully saturated rings. The van der Waals surface area contributed by atoms with Crippen LogP contribution in [0, 0.1) is 10.1 Å². The molecule has 0 radical (unpaired) electrons. The minimum Gasteiger partial charge on any atom is -0.495 e. The summed E-state index contributed by atoms with van der Waals surface area (Å²) in [7, 11) is 3.06. The van der Waals surface area contributed by atoms with Gasteiger partial charge in [-0.3, -0.25) is 14.9 Å². The molecule has 1 amide bonds. The number of nitro groups is 1. The molecule has 8 heteroatoms. The van der Waals surface area contributed by atoms with Gasteiger partial charge in [0, 0.05) is 31.5 Å². The second-order valence-corrected chi connectivity index (χ2v) is 5.06. The fourth-order valence-electron chi connectivity index (χ4n) is 2.21. The number of nitrogens with one attached hydrogen (secondary N) is 2. The lowest BCUT2D eigenvalue weighted by atomic mass is 10.1. The van der Waals surface area contributed by atoms with Crippen molar-refractivity contribution in [2.45, 2.75) is 0 Å². The monoisotopic (exact) mass is 345 g/mol. The van der Waals surface area contributed by atoms with E-state index in [1.807, 2.05) is 0 Å². The molecule has 132 valence electrons. The number of nitrogens with zero attached hydrogens (tertiary/aromatic N) is 1. The van der Waals surface area contributed by atoms with E-state index in [-0.39, 0.29) is 11.3 Å². The highest BCUT2D eigenvalue weighted by atomic mass is 16.6. The molecule has 2 rings (SSSR count). The van der Waals surface area contributed by atoms with E-state index in [1.54, 1.807) is 31.4 Å². The summed E-state index contributed by atoms with van der Waals surface area (Å²) in [5.74, 6) is 0.0169. The number of methoxy groups -OCH3 is 2. The number of hydrogen-bond acceptors (Lipinski definition) is 6. The molecule has 0 atom stereocenters. The van der Waals surface area contributed by atoms with Crippen molar-refractivity contribution in [2.75, 3.05) is 38.0 Å². The first-order valence-electron chi connectivity index (χ1n) is 7.52. The predicted octanol–water partition coefficient (Wildman–Crippen LogP) is 2.91. The molecule has 0 bridgehead atoms. The Morgan fingerprint density at radius 1 is 1.16 bits per heavy atom. The molecule has 0 aliphatic heterocycles. The number of amides is 1. The van der Waals surface area contributed by atoms with Gasteiger partial charge in [0.05, 0.1) is 29.9 Å². The van der Waals surface area contributed by atoms with Crippen LogP contribution in [0.15, 0.2) is 42.5 Å². The van der Waals surface area contributed by atoms with E-state index >= 15 is 0 Å². The Balaban J connectivity index is 2.31. The van der Waals surface area contributed by atoms with Gasteiger partial charge in [0.2, 0.25) is 0 Å². The molecule has 2 aromatic rings. The van der Waals surface area contributed by atoms with E-state index in [4.69, 9.17) is 9.47 Å². The van der Waals surface area contributed by atoms with E-state index in [9.17, 15) is 14.9 Å². The summed E-state index contributed by atoms with van der Waals surface area (Å²) in [4.78, 5) is 23.1. The van der Waals surface area contributed by atoms with Crippen LogP contribution in [0.3, 0.4) is 0 Å². The maximum Gasteiger partial charge on any atom is 0.270 e. The predicted molar refractivity (Wildman–Crippen MR) is 94.4 cm³/mol. The Labute approximate surface area is 144 Å². The zero-order valence-electron chi connectivity index (χ0n) is 13.9. The molecule has 0 aliphatic carbocycles. The van der Waals surface area contributed by atoms with Gasteiger partial charge in [-0.15, -0.1) is 0 Å². The van der Waals surface area contributed by atoms with Crippen molar-refractivity contribution < 1.29 is 19.2 Å². The summed E-state index contributed by atoms with van der Waals surface area (Å²) in [6.07, 6.45) is 0. The lowest BCUT2D eigenvalue weighted by Crippen LogP contribution is -2.17. The van der Waals surface area contributed by atoms with Gasteiger partial charge in [-0.2, -0.15) is 0 Å². The second-order valence-electron chi connectivity index (χ2n) is 5.06. The van der Waals surface area contributed by atoms with Gasteiger partial charge >= 0.3 is 0 Å². The zero-order valence-corrected chi connectivity index (χ0v) is 13.9. The van der Waals surface area contributed by atoms with Crippen LogP contribution in [0.2, 0.25) is 0 Å². The molecule has 0 heterocycles. The van der Waals surface area contributed by atoms with Crippen molar-refractivity contribution in [1.82, 2.24) is 0 Å². The summed E-state index contributed by atoms with van der Waals surface area (Å²) < 4.78 is 10.2. The summed E-state index contributed by atoms with van der Waals surface area (Å²) in [5.41, 5.74) is 0.957. The van der Waals surface area contributed by atoms with E-state index in [1.165, 1.54) is 25.3 Å². The Morgan fingerprint density at radius 2 is 1.92 bits per heavy atom.